The molecule has 2 rings (SSSR count). The zero-order chi connectivity index (χ0) is 14.5. The largest absolute Gasteiger partial charge is 0.343 e. The van der Waals surface area contributed by atoms with Crippen molar-refractivity contribution in [2.45, 2.75) is 36.4 Å². The molecule has 2 aromatic rings. The van der Waals surface area contributed by atoms with Gasteiger partial charge in [0.2, 0.25) is 0 Å². The lowest BCUT2D eigenvalue weighted by molar-refractivity contribution is 0.592. The first-order valence-corrected chi connectivity index (χ1v) is 7.29. The van der Waals surface area contributed by atoms with E-state index in [-0.39, 0.29) is 11.5 Å². The molecule has 0 unspecified atom stereocenters. The number of nitrogens with zero attached hydrogens (tertiary/aromatic N) is 2. The van der Waals surface area contributed by atoms with Gasteiger partial charge in [0.25, 0.3) is 0 Å². The number of rotatable bonds is 6. The van der Waals surface area contributed by atoms with Crippen molar-refractivity contribution in [1.29, 1.82) is 0 Å². The van der Waals surface area contributed by atoms with Gasteiger partial charge in [-0.05, 0) is 48.8 Å². The molecule has 0 aliphatic rings. The number of nitrogens with two attached hydrogens (primary N) is 1. The van der Waals surface area contributed by atoms with E-state index in [1.807, 2.05) is 13.0 Å². The van der Waals surface area contributed by atoms with Crippen molar-refractivity contribution in [1.82, 2.24) is 14.8 Å². The Balaban J connectivity index is 2.24. The minimum Gasteiger partial charge on any atom is -0.330 e. The number of H-pyrrole nitrogens is 1. The zero-order valence-corrected chi connectivity index (χ0v) is 12.0. The maximum atomic E-state index is 14.0. The lowest BCUT2D eigenvalue weighted by atomic mass is 10.1. The van der Waals surface area contributed by atoms with E-state index in [0.29, 0.717) is 29.6 Å². The summed E-state index contributed by atoms with van der Waals surface area (Å²) in [6.07, 6.45) is 1.45. The van der Waals surface area contributed by atoms with Crippen molar-refractivity contribution < 1.29 is 4.39 Å². The Morgan fingerprint density at radius 2 is 2.30 bits per heavy atom. The van der Waals surface area contributed by atoms with Crippen molar-refractivity contribution in [3.05, 3.63) is 40.1 Å². The highest BCUT2D eigenvalue weighted by atomic mass is 32.2. The van der Waals surface area contributed by atoms with E-state index < -0.39 is 0 Å². The fraction of sp³-hybridized carbons (Fsp3) is 0.385. The van der Waals surface area contributed by atoms with Gasteiger partial charge in [-0.25, -0.2) is 14.3 Å². The number of hydrogen-bond donors (Lipinski definition) is 2. The lowest BCUT2D eigenvalue weighted by Gasteiger charge is -2.06. The summed E-state index contributed by atoms with van der Waals surface area (Å²) in [6, 6.07) is 5.01. The number of benzene rings is 1. The molecule has 1 heterocycles. The third-order valence-corrected chi connectivity index (χ3v) is 3.85. The first-order chi connectivity index (χ1) is 9.65. The fourth-order valence-corrected chi connectivity index (χ4v) is 2.71. The Kier molecular flexibility index (Phi) is 4.97. The Morgan fingerprint density at radius 1 is 1.50 bits per heavy atom. The molecular formula is C13H17FN4OS. The van der Waals surface area contributed by atoms with Gasteiger partial charge < -0.3 is 5.73 Å². The van der Waals surface area contributed by atoms with E-state index in [4.69, 9.17) is 5.73 Å². The quantitative estimate of drug-likeness (QED) is 0.852. The Morgan fingerprint density at radius 3 is 2.95 bits per heavy atom. The van der Waals surface area contributed by atoms with Crippen LogP contribution in [0.1, 0.15) is 18.9 Å². The van der Waals surface area contributed by atoms with Gasteiger partial charge in [-0.2, -0.15) is 0 Å². The molecule has 5 nitrogen and oxygen atoms in total. The van der Waals surface area contributed by atoms with Crippen LogP contribution in [0.5, 0.6) is 0 Å². The second-order valence-corrected chi connectivity index (χ2v) is 5.38. The van der Waals surface area contributed by atoms with E-state index in [2.05, 4.69) is 10.2 Å². The second kappa shape index (κ2) is 6.71. The third kappa shape index (κ3) is 3.29. The molecule has 0 bridgehead atoms. The number of hydrogen-bond acceptors (Lipinski definition) is 4. The van der Waals surface area contributed by atoms with Crippen LogP contribution >= 0.6 is 11.8 Å². The molecule has 0 aliphatic heterocycles. The molecule has 108 valence electrons. The summed E-state index contributed by atoms with van der Waals surface area (Å²) < 4.78 is 15.5. The average molecular weight is 296 g/mol. The van der Waals surface area contributed by atoms with Gasteiger partial charge in [0.1, 0.15) is 5.82 Å². The maximum Gasteiger partial charge on any atom is 0.343 e. The minimum absolute atomic E-state index is 0.269. The van der Waals surface area contributed by atoms with Crippen LogP contribution < -0.4 is 11.4 Å². The van der Waals surface area contributed by atoms with Crippen LogP contribution in [0.25, 0.3) is 0 Å². The second-order valence-electron chi connectivity index (χ2n) is 4.37. The molecule has 0 radical (unpaired) electrons. The van der Waals surface area contributed by atoms with E-state index in [0.717, 1.165) is 23.7 Å². The average Bonchev–Trinajstić information content (AvgIpc) is 2.75. The molecule has 0 fully saturated rings. The molecule has 0 saturated heterocycles. The van der Waals surface area contributed by atoms with Gasteiger partial charge in [0.05, 0.1) is 4.90 Å². The predicted molar refractivity (Wildman–Crippen MR) is 76.4 cm³/mol. The van der Waals surface area contributed by atoms with Crippen LogP contribution in [0.2, 0.25) is 0 Å². The molecular weight excluding hydrogens is 279 g/mol. The number of aromatic amines is 1. The minimum atomic E-state index is -0.320. The van der Waals surface area contributed by atoms with Crippen molar-refractivity contribution in [2.24, 2.45) is 5.73 Å². The highest BCUT2D eigenvalue weighted by molar-refractivity contribution is 7.99. The van der Waals surface area contributed by atoms with Gasteiger partial charge in [-0.3, -0.25) is 4.57 Å². The van der Waals surface area contributed by atoms with Gasteiger partial charge >= 0.3 is 5.69 Å². The summed E-state index contributed by atoms with van der Waals surface area (Å²) in [7, 11) is 0. The van der Waals surface area contributed by atoms with Crippen LogP contribution in [0.3, 0.4) is 0 Å². The summed E-state index contributed by atoms with van der Waals surface area (Å²) in [6.45, 7) is 3.02. The summed E-state index contributed by atoms with van der Waals surface area (Å²) >= 11 is 1.14. The first-order valence-electron chi connectivity index (χ1n) is 6.47. The Hall–Kier alpha value is -1.60. The highest BCUT2D eigenvalue weighted by Gasteiger charge is 2.12. The van der Waals surface area contributed by atoms with Gasteiger partial charge in [-0.15, -0.1) is 5.10 Å². The van der Waals surface area contributed by atoms with Crippen molar-refractivity contribution in [3.8, 4) is 0 Å². The van der Waals surface area contributed by atoms with E-state index in [1.54, 1.807) is 6.07 Å². The normalized spacial score (nSPS) is 10.9. The third-order valence-electron chi connectivity index (χ3n) is 2.80. The van der Waals surface area contributed by atoms with Gasteiger partial charge in [-0.1, -0.05) is 13.0 Å². The van der Waals surface area contributed by atoms with Gasteiger partial charge in [0, 0.05) is 6.54 Å². The molecule has 0 aliphatic carbocycles. The molecule has 1 aromatic heterocycles. The van der Waals surface area contributed by atoms with E-state index >= 15 is 0 Å². The van der Waals surface area contributed by atoms with Crippen LogP contribution in [-0.2, 0) is 13.0 Å². The molecule has 3 N–H and O–H groups in total. The fourth-order valence-electron chi connectivity index (χ4n) is 1.85. The first kappa shape index (κ1) is 14.8. The summed E-state index contributed by atoms with van der Waals surface area (Å²) in [5.74, 6) is -0.320. The molecule has 7 heteroatoms. The number of halogens is 1. The summed E-state index contributed by atoms with van der Waals surface area (Å²) in [4.78, 5) is 12.0. The summed E-state index contributed by atoms with van der Waals surface area (Å²) in [5.41, 5.74) is 6.04. The zero-order valence-electron chi connectivity index (χ0n) is 11.2. The summed E-state index contributed by atoms with van der Waals surface area (Å²) in [5, 5.41) is 6.80. The van der Waals surface area contributed by atoms with E-state index in [1.165, 1.54) is 10.6 Å². The molecule has 0 amide bonds. The Bertz CT molecular complexity index is 638. The number of aromatic nitrogens is 3. The molecule has 0 spiro atoms. The van der Waals surface area contributed by atoms with E-state index in [9.17, 15) is 9.18 Å². The molecule has 0 saturated carbocycles. The van der Waals surface area contributed by atoms with Crippen LogP contribution in [0.15, 0.2) is 33.0 Å². The van der Waals surface area contributed by atoms with Crippen molar-refractivity contribution >= 4 is 11.8 Å². The number of nitrogens with one attached hydrogen (secondary N) is 1. The SMILES string of the molecule is CCCn1c(Sc2ccc(CCN)cc2F)n[nH]c1=O. The van der Waals surface area contributed by atoms with Crippen LogP contribution in [0, 0.1) is 5.82 Å². The smallest absolute Gasteiger partial charge is 0.330 e. The lowest BCUT2D eigenvalue weighted by Crippen LogP contribution is -2.17. The molecule has 0 atom stereocenters. The van der Waals surface area contributed by atoms with Crippen molar-refractivity contribution in [2.75, 3.05) is 6.54 Å². The maximum absolute atomic E-state index is 14.0. The predicted octanol–water partition coefficient (Wildman–Crippen LogP) is 1.77. The monoisotopic (exact) mass is 296 g/mol. The molecule has 1 aromatic carbocycles. The highest BCUT2D eigenvalue weighted by Crippen LogP contribution is 2.28. The standard InChI is InChI=1S/C13H17FN4OS/c1-2-7-18-12(19)16-17-13(18)20-11-4-3-9(5-6-15)8-10(11)14/h3-4,8H,2,5-7,15H2,1H3,(H,16,19). The Labute approximate surface area is 120 Å². The van der Waals surface area contributed by atoms with Crippen molar-refractivity contribution in [3.63, 3.8) is 0 Å². The molecule has 20 heavy (non-hydrogen) atoms. The topological polar surface area (TPSA) is 76.7 Å². The van der Waals surface area contributed by atoms with Crippen LogP contribution in [0.4, 0.5) is 4.39 Å². The van der Waals surface area contributed by atoms with Gasteiger partial charge in [0.15, 0.2) is 5.16 Å². The van der Waals surface area contributed by atoms with Crippen LogP contribution in [-0.4, -0.2) is 21.3 Å².